The van der Waals surface area contributed by atoms with Gasteiger partial charge in [0.2, 0.25) is 5.91 Å². The summed E-state index contributed by atoms with van der Waals surface area (Å²) in [6.45, 7) is 1.29. The number of carbonyl (C=O) groups excluding carboxylic acids is 1. The van der Waals surface area contributed by atoms with Gasteiger partial charge in [-0.3, -0.25) is 9.78 Å². The van der Waals surface area contributed by atoms with E-state index in [1.54, 1.807) is 17.3 Å². The van der Waals surface area contributed by atoms with Crippen molar-refractivity contribution in [3.63, 3.8) is 0 Å². The number of nitrogens with zero attached hydrogens (tertiary/aromatic N) is 5. The third kappa shape index (κ3) is 4.59. The Morgan fingerprint density at radius 3 is 2.64 bits per heavy atom. The molecule has 0 N–H and O–H groups in total. The zero-order valence-electron chi connectivity index (χ0n) is 15.9. The molecule has 2 heterocycles. The summed E-state index contributed by atoms with van der Waals surface area (Å²) < 4.78 is 2.17. The van der Waals surface area contributed by atoms with Crippen LogP contribution >= 0.6 is 11.8 Å². The first-order chi connectivity index (χ1) is 13.7. The minimum atomic E-state index is 0.0658. The van der Waals surface area contributed by atoms with Crippen molar-refractivity contribution in [3.05, 3.63) is 71.8 Å². The Hall–Kier alpha value is -2.67. The monoisotopic (exact) mass is 393 g/mol. The van der Waals surface area contributed by atoms with Crippen molar-refractivity contribution in [2.45, 2.75) is 37.0 Å². The van der Waals surface area contributed by atoms with Crippen molar-refractivity contribution in [3.8, 4) is 0 Å². The standard InChI is InChI=1S/C21H23N5OS/c1-25(13-17-8-5-11-22-12-17)19(27)15-28-21-24-23-20(18-9-10-18)26(21)14-16-6-3-2-4-7-16/h2-8,11-12,18H,9-10,13-15H2,1H3. The van der Waals surface area contributed by atoms with Crippen LogP contribution < -0.4 is 0 Å². The second-order valence-corrected chi connectivity index (χ2v) is 8.03. The molecular formula is C21H23N5OS. The summed E-state index contributed by atoms with van der Waals surface area (Å²) >= 11 is 1.46. The fourth-order valence-electron chi connectivity index (χ4n) is 3.06. The molecule has 0 spiro atoms. The molecule has 4 rings (SSSR count). The quantitative estimate of drug-likeness (QED) is 0.549. The maximum Gasteiger partial charge on any atom is 0.233 e. The first-order valence-corrected chi connectivity index (χ1v) is 10.4. The average Bonchev–Trinajstić information content (AvgIpc) is 3.49. The maximum atomic E-state index is 12.6. The molecule has 0 saturated heterocycles. The Bertz CT molecular complexity index is 924. The smallest absolute Gasteiger partial charge is 0.233 e. The van der Waals surface area contributed by atoms with Gasteiger partial charge in [0, 0.05) is 31.9 Å². The van der Waals surface area contributed by atoms with Crippen molar-refractivity contribution in [1.29, 1.82) is 0 Å². The lowest BCUT2D eigenvalue weighted by molar-refractivity contribution is -0.127. The molecule has 1 aliphatic carbocycles. The van der Waals surface area contributed by atoms with E-state index >= 15 is 0 Å². The summed E-state index contributed by atoms with van der Waals surface area (Å²) in [5.74, 6) is 1.96. The van der Waals surface area contributed by atoms with Crippen LogP contribution in [0.25, 0.3) is 0 Å². The predicted molar refractivity (Wildman–Crippen MR) is 109 cm³/mol. The normalized spacial score (nSPS) is 13.5. The number of amides is 1. The highest BCUT2D eigenvalue weighted by Crippen LogP contribution is 2.40. The number of hydrogen-bond donors (Lipinski definition) is 0. The molecule has 0 aliphatic heterocycles. The highest BCUT2D eigenvalue weighted by molar-refractivity contribution is 7.99. The van der Waals surface area contributed by atoms with Crippen LogP contribution in [0.3, 0.4) is 0 Å². The molecule has 1 aromatic carbocycles. The van der Waals surface area contributed by atoms with Gasteiger partial charge in [0.1, 0.15) is 5.82 Å². The SMILES string of the molecule is CN(Cc1cccnc1)C(=O)CSc1nnc(C2CC2)n1Cc1ccccc1. The van der Waals surface area contributed by atoms with Gasteiger partial charge < -0.3 is 9.47 Å². The number of aromatic nitrogens is 4. The van der Waals surface area contributed by atoms with E-state index < -0.39 is 0 Å². The Morgan fingerprint density at radius 1 is 1.14 bits per heavy atom. The Kier molecular flexibility index (Phi) is 5.71. The average molecular weight is 394 g/mol. The van der Waals surface area contributed by atoms with Gasteiger partial charge in [0.05, 0.1) is 12.3 Å². The van der Waals surface area contributed by atoms with E-state index in [2.05, 4.69) is 31.9 Å². The van der Waals surface area contributed by atoms with Crippen molar-refractivity contribution in [2.24, 2.45) is 0 Å². The molecule has 1 fully saturated rings. The van der Waals surface area contributed by atoms with Gasteiger partial charge in [-0.05, 0) is 30.0 Å². The van der Waals surface area contributed by atoms with Crippen molar-refractivity contribution < 1.29 is 4.79 Å². The van der Waals surface area contributed by atoms with E-state index in [0.717, 1.165) is 23.1 Å². The molecule has 28 heavy (non-hydrogen) atoms. The highest BCUT2D eigenvalue weighted by Gasteiger charge is 2.30. The van der Waals surface area contributed by atoms with E-state index in [9.17, 15) is 4.79 Å². The number of thioether (sulfide) groups is 1. The largest absolute Gasteiger partial charge is 0.341 e. The number of benzene rings is 1. The maximum absolute atomic E-state index is 12.6. The van der Waals surface area contributed by atoms with Gasteiger partial charge in [-0.2, -0.15) is 0 Å². The summed E-state index contributed by atoms with van der Waals surface area (Å²) in [6, 6.07) is 14.2. The highest BCUT2D eigenvalue weighted by atomic mass is 32.2. The van der Waals surface area contributed by atoms with E-state index in [1.807, 2.05) is 37.4 Å². The third-order valence-corrected chi connectivity index (χ3v) is 5.72. The predicted octanol–water partition coefficient (Wildman–Crippen LogP) is 3.35. The Balaban J connectivity index is 1.42. The fraction of sp³-hybridized carbons (Fsp3) is 0.333. The van der Waals surface area contributed by atoms with Gasteiger partial charge in [-0.15, -0.1) is 10.2 Å². The molecule has 144 valence electrons. The van der Waals surface area contributed by atoms with Gasteiger partial charge >= 0.3 is 0 Å². The van der Waals surface area contributed by atoms with E-state index in [4.69, 9.17) is 0 Å². The van der Waals surface area contributed by atoms with Crippen LogP contribution in [0.1, 0.15) is 35.7 Å². The van der Waals surface area contributed by atoms with Crippen LogP contribution in [0, 0.1) is 0 Å². The third-order valence-electron chi connectivity index (χ3n) is 4.76. The Morgan fingerprint density at radius 2 is 1.93 bits per heavy atom. The fourth-order valence-corrected chi connectivity index (χ4v) is 3.94. The summed E-state index contributed by atoms with van der Waals surface area (Å²) in [7, 11) is 1.82. The van der Waals surface area contributed by atoms with E-state index in [1.165, 1.54) is 30.2 Å². The number of carbonyl (C=O) groups is 1. The first kappa shape index (κ1) is 18.7. The summed E-state index contributed by atoms with van der Waals surface area (Å²) in [5, 5.41) is 9.62. The molecule has 0 bridgehead atoms. The molecule has 7 heteroatoms. The number of hydrogen-bond acceptors (Lipinski definition) is 5. The van der Waals surface area contributed by atoms with E-state index in [0.29, 0.717) is 18.2 Å². The van der Waals surface area contributed by atoms with Gasteiger partial charge in [-0.25, -0.2) is 0 Å². The van der Waals surface area contributed by atoms with Crippen molar-refractivity contribution in [1.82, 2.24) is 24.6 Å². The second kappa shape index (κ2) is 8.56. The molecule has 6 nitrogen and oxygen atoms in total. The molecule has 1 saturated carbocycles. The minimum Gasteiger partial charge on any atom is -0.341 e. The molecule has 0 atom stereocenters. The molecule has 1 amide bonds. The lowest BCUT2D eigenvalue weighted by atomic mass is 10.2. The van der Waals surface area contributed by atoms with Crippen molar-refractivity contribution >= 4 is 17.7 Å². The summed E-state index contributed by atoms with van der Waals surface area (Å²) in [4.78, 5) is 18.4. The zero-order valence-corrected chi connectivity index (χ0v) is 16.7. The van der Waals surface area contributed by atoms with Crippen LogP contribution in [0.4, 0.5) is 0 Å². The van der Waals surface area contributed by atoms with Crippen LogP contribution in [-0.2, 0) is 17.9 Å². The molecule has 3 aromatic rings. The minimum absolute atomic E-state index is 0.0658. The number of rotatable bonds is 8. The Labute approximate surface area is 169 Å². The first-order valence-electron chi connectivity index (χ1n) is 9.43. The number of pyridine rings is 1. The molecule has 1 aliphatic rings. The summed E-state index contributed by atoms with van der Waals surface area (Å²) in [6.07, 6.45) is 5.86. The van der Waals surface area contributed by atoms with Gasteiger partial charge in [0.25, 0.3) is 0 Å². The molecule has 0 unspecified atom stereocenters. The lowest BCUT2D eigenvalue weighted by Gasteiger charge is -2.17. The molecule has 2 aromatic heterocycles. The lowest BCUT2D eigenvalue weighted by Crippen LogP contribution is -2.28. The van der Waals surface area contributed by atoms with E-state index in [-0.39, 0.29) is 5.91 Å². The topological polar surface area (TPSA) is 63.9 Å². The molecule has 0 radical (unpaired) electrons. The van der Waals surface area contributed by atoms with Crippen LogP contribution in [0.15, 0.2) is 60.0 Å². The van der Waals surface area contributed by atoms with Gasteiger partial charge in [0.15, 0.2) is 5.16 Å². The van der Waals surface area contributed by atoms with Crippen LogP contribution in [-0.4, -0.2) is 43.4 Å². The summed E-state index contributed by atoms with van der Waals surface area (Å²) in [5.41, 5.74) is 2.23. The zero-order chi connectivity index (χ0) is 19.3. The van der Waals surface area contributed by atoms with Crippen LogP contribution in [0.5, 0.6) is 0 Å². The van der Waals surface area contributed by atoms with Crippen molar-refractivity contribution in [2.75, 3.05) is 12.8 Å². The van der Waals surface area contributed by atoms with Gasteiger partial charge in [-0.1, -0.05) is 48.2 Å². The second-order valence-electron chi connectivity index (χ2n) is 7.09. The molecular weight excluding hydrogens is 370 g/mol. The van der Waals surface area contributed by atoms with Crippen LogP contribution in [0.2, 0.25) is 0 Å².